The molecule has 38 heavy (non-hydrogen) atoms. The molecule has 12 nitrogen and oxygen atoms in total. The van der Waals surface area contributed by atoms with Gasteiger partial charge in [0.15, 0.2) is 24.6 Å². The van der Waals surface area contributed by atoms with Crippen LogP contribution in [0.4, 0.5) is 0 Å². The van der Waals surface area contributed by atoms with Crippen LogP contribution < -0.4 is 0 Å². The van der Waals surface area contributed by atoms with Crippen LogP contribution in [-0.2, 0) is 56.7 Å². The quantitative estimate of drug-likeness (QED) is 0.193. The minimum atomic E-state index is -1.24. The third-order valence-corrected chi connectivity index (χ3v) is 5.40. The number of carbonyl (C=O) groups is 4. The summed E-state index contributed by atoms with van der Waals surface area (Å²) < 4.78 is 47.0. The maximum atomic E-state index is 12.5. The van der Waals surface area contributed by atoms with E-state index in [-0.39, 0.29) is 15.3 Å². The number of methoxy groups -OCH3 is 1. The van der Waals surface area contributed by atoms with Crippen LogP contribution >= 0.6 is 8.69 Å². The maximum Gasteiger partial charge on any atom is 0.327 e. The number of carbonyl (C=O) groups excluding carboxylic acids is 4. The Hall–Kier alpha value is -2.14. The topological polar surface area (TPSA) is 150 Å². The summed E-state index contributed by atoms with van der Waals surface area (Å²) in [6.45, 7) is 15.2. The summed E-state index contributed by atoms with van der Waals surface area (Å²) in [4.78, 5) is 49.5. The molecule has 0 aliphatic carbocycles. The molecule has 1 fully saturated rings. The molecule has 0 N–H and O–H groups in total. The number of hydrogen-bond acceptors (Lipinski definition) is 12. The Morgan fingerprint density at radius 1 is 0.711 bits per heavy atom. The highest BCUT2D eigenvalue weighted by Crippen LogP contribution is 2.31. The van der Waals surface area contributed by atoms with Gasteiger partial charge in [-0.25, -0.2) is 4.57 Å². The number of rotatable bonds is 12. The Morgan fingerprint density at radius 3 is 1.47 bits per heavy atom. The van der Waals surface area contributed by atoms with E-state index >= 15 is 0 Å². The molecule has 13 heteroatoms. The van der Waals surface area contributed by atoms with Crippen LogP contribution in [0.25, 0.3) is 0 Å². The molecule has 0 radical (unpaired) electrons. The van der Waals surface area contributed by atoms with Gasteiger partial charge in [-0.3, -0.25) is 23.7 Å². The molecule has 1 heterocycles. The van der Waals surface area contributed by atoms with Gasteiger partial charge in [-0.05, 0) is 6.92 Å². The Balaban J connectivity index is 0.00000249. The second-order valence-corrected chi connectivity index (χ2v) is 10.1. The SMILES string of the molecule is CCOP=O.CO[C@H]1OC(COC(=O)C(C)C)[C@@H](OC(=O)C(C)C)[C@H](OC(=O)C(C)C)C1OC(=O)C(C)C. The van der Waals surface area contributed by atoms with Gasteiger partial charge in [0, 0.05) is 7.11 Å². The minimum Gasteiger partial charge on any atom is -0.463 e. The molecular weight excluding hydrogens is 523 g/mol. The van der Waals surface area contributed by atoms with Crippen LogP contribution in [0.5, 0.6) is 0 Å². The highest BCUT2D eigenvalue weighted by atomic mass is 31.1. The van der Waals surface area contributed by atoms with Gasteiger partial charge in [-0.2, -0.15) is 0 Å². The second-order valence-electron chi connectivity index (χ2n) is 9.72. The van der Waals surface area contributed by atoms with Crippen LogP contribution in [0.1, 0.15) is 62.3 Å². The third-order valence-electron chi connectivity index (χ3n) is 5.04. The van der Waals surface area contributed by atoms with Crippen molar-refractivity contribution in [2.75, 3.05) is 20.3 Å². The maximum absolute atomic E-state index is 12.5. The number of esters is 4. The molecule has 0 amide bonds. The van der Waals surface area contributed by atoms with Crippen molar-refractivity contribution in [3.63, 3.8) is 0 Å². The van der Waals surface area contributed by atoms with Crippen molar-refractivity contribution in [1.82, 2.24) is 0 Å². The third kappa shape index (κ3) is 12.1. The smallest absolute Gasteiger partial charge is 0.327 e. The lowest BCUT2D eigenvalue weighted by Gasteiger charge is -2.44. The Kier molecular flexibility index (Phi) is 17.2. The number of ether oxygens (including phenoxy) is 6. The van der Waals surface area contributed by atoms with E-state index in [9.17, 15) is 23.7 Å². The largest absolute Gasteiger partial charge is 0.463 e. The van der Waals surface area contributed by atoms with Gasteiger partial charge >= 0.3 is 32.6 Å². The van der Waals surface area contributed by atoms with Crippen molar-refractivity contribution in [1.29, 1.82) is 0 Å². The van der Waals surface area contributed by atoms with Gasteiger partial charge in [0.2, 0.25) is 0 Å². The molecule has 2 unspecified atom stereocenters. The molecule has 0 aromatic rings. The van der Waals surface area contributed by atoms with Crippen LogP contribution in [0.2, 0.25) is 0 Å². The van der Waals surface area contributed by atoms with Crippen LogP contribution in [0.15, 0.2) is 0 Å². The van der Waals surface area contributed by atoms with Crippen molar-refractivity contribution < 1.29 is 56.7 Å². The lowest BCUT2D eigenvalue weighted by molar-refractivity contribution is -0.304. The summed E-state index contributed by atoms with van der Waals surface area (Å²) in [7, 11) is 1.11. The Morgan fingerprint density at radius 2 is 1.13 bits per heavy atom. The summed E-state index contributed by atoms with van der Waals surface area (Å²) in [6, 6.07) is 0. The zero-order chi connectivity index (χ0) is 29.6. The van der Waals surface area contributed by atoms with Crippen molar-refractivity contribution in [2.24, 2.45) is 23.7 Å². The van der Waals surface area contributed by atoms with E-state index < -0.39 is 78.3 Å². The first-order valence-corrected chi connectivity index (χ1v) is 13.4. The molecule has 1 aliphatic heterocycles. The van der Waals surface area contributed by atoms with Gasteiger partial charge in [0.1, 0.15) is 12.7 Å². The van der Waals surface area contributed by atoms with E-state index in [1.807, 2.05) is 0 Å². The first-order valence-electron chi connectivity index (χ1n) is 12.6. The Bertz CT molecular complexity index is 767. The predicted molar refractivity (Wildman–Crippen MR) is 135 cm³/mol. The van der Waals surface area contributed by atoms with E-state index in [4.69, 9.17) is 28.4 Å². The molecule has 1 saturated heterocycles. The molecule has 0 bridgehead atoms. The molecule has 0 saturated carbocycles. The van der Waals surface area contributed by atoms with Gasteiger partial charge in [-0.15, -0.1) is 0 Å². The molecule has 1 aliphatic rings. The molecule has 1 rings (SSSR count). The van der Waals surface area contributed by atoms with E-state index in [0.29, 0.717) is 6.61 Å². The monoisotopic (exact) mass is 566 g/mol. The van der Waals surface area contributed by atoms with E-state index in [1.165, 1.54) is 7.11 Å². The van der Waals surface area contributed by atoms with E-state index in [0.717, 1.165) is 0 Å². The highest BCUT2D eigenvalue weighted by Gasteiger charge is 2.53. The summed E-state index contributed by atoms with van der Waals surface area (Å²) in [5.74, 6) is -4.11. The first-order chi connectivity index (χ1) is 17.7. The fraction of sp³-hybridized carbons (Fsp3) is 0.840. The predicted octanol–water partition coefficient (Wildman–Crippen LogP) is 3.49. The summed E-state index contributed by atoms with van der Waals surface area (Å²) >= 11 is 0. The van der Waals surface area contributed by atoms with Crippen molar-refractivity contribution >= 4 is 32.6 Å². The van der Waals surface area contributed by atoms with Gasteiger partial charge in [0.25, 0.3) is 0 Å². The average Bonchev–Trinajstić information content (AvgIpc) is 2.85. The van der Waals surface area contributed by atoms with Crippen molar-refractivity contribution in [2.45, 2.75) is 93.0 Å². The van der Waals surface area contributed by atoms with E-state index in [1.54, 1.807) is 62.3 Å². The summed E-state index contributed by atoms with van der Waals surface area (Å²) in [5.41, 5.74) is 0. The average molecular weight is 567 g/mol. The van der Waals surface area contributed by atoms with Crippen LogP contribution in [0, 0.1) is 23.7 Å². The zero-order valence-corrected chi connectivity index (χ0v) is 24.9. The highest BCUT2D eigenvalue weighted by molar-refractivity contribution is 7.17. The molecule has 220 valence electrons. The van der Waals surface area contributed by atoms with Crippen molar-refractivity contribution in [3.05, 3.63) is 0 Å². The molecular formula is C25H43O12P. The summed E-state index contributed by atoms with van der Waals surface area (Å²) in [5, 5.41) is 0. The lowest BCUT2D eigenvalue weighted by Crippen LogP contribution is -2.63. The molecule has 0 aromatic heterocycles. The Labute approximate surface area is 226 Å². The van der Waals surface area contributed by atoms with Gasteiger partial charge in [0.05, 0.1) is 30.3 Å². The summed E-state index contributed by atoms with van der Waals surface area (Å²) in [6.07, 6.45) is -5.85. The normalized spacial score (nSPS) is 23.2. The van der Waals surface area contributed by atoms with Gasteiger partial charge in [-0.1, -0.05) is 55.4 Å². The van der Waals surface area contributed by atoms with E-state index in [2.05, 4.69) is 4.52 Å². The van der Waals surface area contributed by atoms with Crippen LogP contribution in [0.3, 0.4) is 0 Å². The molecule has 0 aromatic carbocycles. The first kappa shape index (κ1) is 35.9. The molecule has 0 spiro atoms. The minimum absolute atomic E-state index is 0.220. The van der Waals surface area contributed by atoms with Gasteiger partial charge < -0.3 is 28.4 Å². The van der Waals surface area contributed by atoms with Crippen LogP contribution in [-0.4, -0.2) is 74.9 Å². The standard InChI is InChI=1S/C23H38O10.C2H5O2P/c1-11(2)19(24)29-10-15-16(31-20(25)12(3)4)17(32-21(26)13(5)6)18(23(28-9)30-15)33-22(27)14(7)8;1-2-4-5-3/h11-18,23H,10H2,1-9H3;2H2,1H3/t15?,16-,17+,18?,23+;/m1./s1. The molecule has 5 atom stereocenters. The lowest BCUT2D eigenvalue weighted by atomic mass is 9.97. The fourth-order valence-corrected chi connectivity index (χ4v) is 2.90. The second kappa shape index (κ2) is 18.2. The van der Waals surface area contributed by atoms with Crippen molar-refractivity contribution in [3.8, 4) is 0 Å². The zero-order valence-electron chi connectivity index (χ0n) is 24.0. The number of hydrogen-bond donors (Lipinski definition) is 0. The fourth-order valence-electron chi connectivity index (χ4n) is 2.80.